The molecule has 3 aromatic rings. The van der Waals surface area contributed by atoms with Crippen molar-refractivity contribution >= 4 is 52.2 Å². The van der Waals surface area contributed by atoms with Crippen LogP contribution >= 0.6 is 34.5 Å². The van der Waals surface area contributed by atoms with E-state index in [1.807, 2.05) is 24.3 Å². The molecule has 0 bridgehead atoms. The van der Waals surface area contributed by atoms with Gasteiger partial charge in [0.1, 0.15) is 10.7 Å². The first-order valence-corrected chi connectivity index (χ1v) is 11.3. The lowest BCUT2D eigenvalue weighted by atomic mass is 10.2. The van der Waals surface area contributed by atoms with E-state index in [-0.39, 0.29) is 22.4 Å². The number of esters is 1. The summed E-state index contributed by atoms with van der Waals surface area (Å²) in [4.78, 5) is 37.4. The van der Waals surface area contributed by atoms with Crippen LogP contribution in [0.25, 0.3) is 0 Å². The lowest BCUT2D eigenvalue weighted by molar-refractivity contribution is -0.118. The lowest BCUT2D eigenvalue weighted by Crippen LogP contribution is -2.22. The van der Waals surface area contributed by atoms with Gasteiger partial charge in [0.05, 0.1) is 17.1 Å². The number of rotatable bonds is 9. The van der Waals surface area contributed by atoms with Gasteiger partial charge in [0.25, 0.3) is 0 Å². The number of amides is 1. The van der Waals surface area contributed by atoms with E-state index in [1.165, 1.54) is 22.9 Å². The molecule has 7 nitrogen and oxygen atoms in total. The Kier molecular flexibility index (Phi) is 8.06. The summed E-state index contributed by atoms with van der Waals surface area (Å²) in [5.74, 6) is -1.13. The van der Waals surface area contributed by atoms with Crippen LogP contribution < -0.4 is 5.32 Å². The van der Waals surface area contributed by atoms with Crippen molar-refractivity contribution in [3.8, 4) is 0 Å². The molecule has 0 aliphatic rings. The minimum atomic E-state index is -0.714. The third kappa shape index (κ3) is 5.97. The first-order chi connectivity index (χ1) is 15.3. The smallest absolute Gasteiger partial charge is 0.343 e. The Balaban J connectivity index is 1.61. The molecule has 1 aromatic carbocycles. The number of thiophene rings is 1. The number of ether oxygens (including phenoxy) is 1. The Morgan fingerprint density at radius 2 is 1.91 bits per heavy atom. The number of aromatic nitrogens is 2. The largest absolute Gasteiger partial charge is 0.454 e. The fraction of sp³-hybridized carbons (Fsp3) is 0.273. The first kappa shape index (κ1) is 24.0. The van der Waals surface area contributed by atoms with E-state index in [2.05, 4.69) is 10.4 Å². The average molecular weight is 494 g/mol. The molecular formula is C22H21Cl2N3O4S. The number of hydrogen-bond acceptors (Lipinski definition) is 6. The molecule has 168 valence electrons. The lowest BCUT2D eigenvalue weighted by Gasteiger charge is -2.06. The number of Topliss-reactive ketones (excluding diaryl/α,β-unsaturated/α-hetero) is 1. The third-order valence-electron chi connectivity index (χ3n) is 4.56. The summed E-state index contributed by atoms with van der Waals surface area (Å²) >= 11 is 13.9. The topological polar surface area (TPSA) is 90.3 Å². The van der Waals surface area contributed by atoms with Gasteiger partial charge in [0.2, 0.25) is 11.7 Å². The molecule has 0 saturated carbocycles. The maximum Gasteiger partial charge on any atom is 0.343 e. The van der Waals surface area contributed by atoms with E-state index in [0.29, 0.717) is 35.1 Å². The summed E-state index contributed by atoms with van der Waals surface area (Å²) in [7, 11) is 0. The fourth-order valence-corrected chi connectivity index (χ4v) is 4.41. The van der Waals surface area contributed by atoms with Crippen LogP contribution in [0.1, 0.15) is 43.1 Å². The van der Waals surface area contributed by atoms with Crippen molar-refractivity contribution in [2.75, 3.05) is 13.2 Å². The van der Waals surface area contributed by atoms with E-state index < -0.39 is 12.6 Å². The zero-order chi connectivity index (χ0) is 23.3. The molecule has 1 amide bonds. The predicted octanol–water partition coefficient (Wildman–Crippen LogP) is 4.33. The van der Waals surface area contributed by atoms with Crippen LogP contribution in [0.3, 0.4) is 0 Å². The molecule has 0 atom stereocenters. The summed E-state index contributed by atoms with van der Waals surface area (Å²) in [6.45, 7) is 3.48. The van der Waals surface area contributed by atoms with Crippen LogP contribution in [-0.4, -0.2) is 40.6 Å². The van der Waals surface area contributed by atoms with Crippen LogP contribution in [-0.2, 0) is 22.5 Å². The summed E-state index contributed by atoms with van der Waals surface area (Å²) in [6, 6.07) is 10.8. The molecule has 2 heterocycles. The van der Waals surface area contributed by atoms with Gasteiger partial charge in [0, 0.05) is 23.4 Å². The maximum absolute atomic E-state index is 12.6. The van der Waals surface area contributed by atoms with E-state index in [1.54, 1.807) is 19.1 Å². The summed E-state index contributed by atoms with van der Waals surface area (Å²) in [6.07, 6.45) is 0.622. The standard InChI is InChI=1S/C22H21Cl2N3O4S/c1-13-20(21(24)27(26-13)11-15-5-3-4-6-17(15)23)22(30)31-12-18(29)19-8-7-16(32-19)9-10-25-14(2)28/h3-8H,9-12H2,1-2H3,(H,25,28). The SMILES string of the molecule is CC(=O)NCCc1ccc(C(=O)COC(=O)c2c(C)nn(Cc3ccccc3Cl)c2Cl)s1. The quantitative estimate of drug-likeness (QED) is 0.353. The van der Waals surface area contributed by atoms with Crippen LogP contribution in [0.5, 0.6) is 0 Å². The molecular weight excluding hydrogens is 473 g/mol. The number of ketones is 1. The van der Waals surface area contributed by atoms with Gasteiger partial charge < -0.3 is 10.1 Å². The first-order valence-electron chi connectivity index (χ1n) is 9.76. The van der Waals surface area contributed by atoms with E-state index in [4.69, 9.17) is 27.9 Å². The van der Waals surface area contributed by atoms with E-state index in [0.717, 1.165) is 10.4 Å². The number of hydrogen-bond donors (Lipinski definition) is 1. The number of carbonyl (C=O) groups is 3. The zero-order valence-corrected chi connectivity index (χ0v) is 19.8. The van der Waals surface area contributed by atoms with Crippen molar-refractivity contribution < 1.29 is 19.1 Å². The zero-order valence-electron chi connectivity index (χ0n) is 17.5. The summed E-state index contributed by atoms with van der Waals surface area (Å²) < 4.78 is 6.68. The van der Waals surface area contributed by atoms with Gasteiger partial charge >= 0.3 is 5.97 Å². The van der Waals surface area contributed by atoms with Gasteiger partial charge in [0.15, 0.2) is 6.61 Å². The van der Waals surface area contributed by atoms with Gasteiger partial charge in [-0.25, -0.2) is 9.48 Å². The van der Waals surface area contributed by atoms with Crippen LogP contribution in [0.2, 0.25) is 10.2 Å². The predicted molar refractivity (Wildman–Crippen MR) is 124 cm³/mol. The van der Waals surface area contributed by atoms with Gasteiger partial charge in [-0.2, -0.15) is 5.10 Å². The summed E-state index contributed by atoms with van der Waals surface area (Å²) in [5, 5.41) is 7.71. The highest BCUT2D eigenvalue weighted by molar-refractivity contribution is 7.14. The van der Waals surface area contributed by atoms with Gasteiger partial charge in [-0.05, 0) is 37.1 Å². The molecule has 32 heavy (non-hydrogen) atoms. The highest BCUT2D eigenvalue weighted by Gasteiger charge is 2.23. The Hall–Kier alpha value is -2.68. The second-order valence-electron chi connectivity index (χ2n) is 7.00. The second kappa shape index (κ2) is 10.8. The van der Waals surface area contributed by atoms with E-state index in [9.17, 15) is 14.4 Å². The number of benzene rings is 1. The Morgan fingerprint density at radius 1 is 1.16 bits per heavy atom. The van der Waals surface area contributed by atoms with Crippen molar-refractivity contribution in [2.24, 2.45) is 0 Å². The third-order valence-corrected chi connectivity index (χ3v) is 6.50. The number of aryl methyl sites for hydroxylation is 1. The number of halogens is 2. The molecule has 3 rings (SSSR count). The van der Waals surface area contributed by atoms with Gasteiger partial charge in [-0.3, -0.25) is 9.59 Å². The average Bonchev–Trinajstić information content (AvgIpc) is 3.32. The monoisotopic (exact) mass is 493 g/mol. The Morgan fingerprint density at radius 3 is 2.62 bits per heavy atom. The van der Waals surface area contributed by atoms with Crippen molar-refractivity contribution in [1.82, 2.24) is 15.1 Å². The van der Waals surface area contributed by atoms with Crippen molar-refractivity contribution in [1.29, 1.82) is 0 Å². The van der Waals surface area contributed by atoms with Gasteiger partial charge in [-0.1, -0.05) is 41.4 Å². The van der Waals surface area contributed by atoms with Crippen LogP contribution in [0.15, 0.2) is 36.4 Å². The molecule has 10 heteroatoms. The van der Waals surface area contributed by atoms with Crippen molar-refractivity contribution in [3.63, 3.8) is 0 Å². The molecule has 0 radical (unpaired) electrons. The molecule has 0 aliphatic carbocycles. The molecule has 0 saturated heterocycles. The fourth-order valence-electron chi connectivity index (χ4n) is 2.98. The Labute approximate surface area is 199 Å². The number of nitrogens with zero attached hydrogens (tertiary/aromatic N) is 2. The second-order valence-corrected chi connectivity index (χ2v) is 8.93. The molecule has 0 spiro atoms. The molecule has 1 N–H and O–H groups in total. The summed E-state index contributed by atoms with van der Waals surface area (Å²) in [5.41, 5.74) is 1.32. The van der Waals surface area contributed by atoms with Crippen LogP contribution in [0, 0.1) is 6.92 Å². The number of nitrogens with one attached hydrogen (secondary N) is 1. The molecule has 0 unspecified atom stereocenters. The Bertz CT molecular complexity index is 1160. The van der Waals surface area contributed by atoms with Crippen LogP contribution in [0.4, 0.5) is 0 Å². The maximum atomic E-state index is 12.6. The number of carbonyl (C=O) groups excluding carboxylic acids is 3. The van der Waals surface area contributed by atoms with Gasteiger partial charge in [-0.15, -0.1) is 11.3 Å². The minimum absolute atomic E-state index is 0.103. The van der Waals surface area contributed by atoms with Crippen molar-refractivity contribution in [2.45, 2.75) is 26.8 Å². The molecule has 0 fully saturated rings. The molecule has 2 aromatic heterocycles. The molecule has 0 aliphatic heterocycles. The normalized spacial score (nSPS) is 10.8. The van der Waals surface area contributed by atoms with Crippen molar-refractivity contribution in [3.05, 3.63) is 73.1 Å². The van der Waals surface area contributed by atoms with E-state index >= 15 is 0 Å². The highest BCUT2D eigenvalue weighted by atomic mass is 35.5. The minimum Gasteiger partial charge on any atom is -0.454 e. The highest BCUT2D eigenvalue weighted by Crippen LogP contribution is 2.24.